The quantitative estimate of drug-likeness (QED) is 0.829. The number of phenols is 1. The second kappa shape index (κ2) is 4.94. The third-order valence-electron chi connectivity index (χ3n) is 2.08. The van der Waals surface area contributed by atoms with Crippen molar-refractivity contribution in [3.8, 4) is 5.75 Å². The van der Waals surface area contributed by atoms with Crippen molar-refractivity contribution in [1.29, 1.82) is 0 Å². The maximum Gasteiger partial charge on any atom is 0.115 e. The predicted octanol–water partition coefficient (Wildman–Crippen LogP) is 3.91. The molecule has 0 aliphatic carbocycles. The summed E-state index contributed by atoms with van der Waals surface area (Å²) in [5.74, 6) is 0.265. The molecule has 0 atom stereocenters. The lowest BCUT2D eigenvalue weighted by atomic mass is 10.2. The van der Waals surface area contributed by atoms with Gasteiger partial charge in [-0.15, -0.1) is 0 Å². The minimum atomic E-state index is 0.265. The molecule has 0 amide bonds. The predicted molar refractivity (Wildman–Crippen MR) is 69.5 cm³/mol. The van der Waals surface area contributed by atoms with E-state index in [1.54, 1.807) is 18.3 Å². The third kappa shape index (κ3) is 2.94. The molecule has 0 heterocycles. The van der Waals surface area contributed by atoms with Crippen LogP contribution in [0.4, 0.5) is 5.69 Å². The minimum Gasteiger partial charge on any atom is -0.508 e. The number of halogens is 1. The Balaban J connectivity index is 2.15. The molecule has 2 rings (SSSR count). The molecule has 0 fully saturated rings. The maximum absolute atomic E-state index is 9.12. The van der Waals surface area contributed by atoms with Crippen molar-refractivity contribution < 1.29 is 5.11 Å². The Labute approximate surface area is 102 Å². The number of phenolic OH excluding ortho intramolecular Hbond substituents is 1. The lowest BCUT2D eigenvalue weighted by molar-refractivity contribution is 0.475. The van der Waals surface area contributed by atoms with Crippen molar-refractivity contribution in [2.24, 2.45) is 4.99 Å². The summed E-state index contributed by atoms with van der Waals surface area (Å²) in [6.45, 7) is 0. The van der Waals surface area contributed by atoms with Gasteiger partial charge >= 0.3 is 0 Å². The van der Waals surface area contributed by atoms with Gasteiger partial charge in [0.15, 0.2) is 0 Å². The van der Waals surface area contributed by atoms with E-state index in [1.165, 1.54) is 0 Å². The van der Waals surface area contributed by atoms with Gasteiger partial charge in [0.25, 0.3) is 0 Å². The van der Waals surface area contributed by atoms with Crippen LogP contribution in [0.3, 0.4) is 0 Å². The van der Waals surface area contributed by atoms with E-state index in [2.05, 4.69) is 20.9 Å². The zero-order chi connectivity index (χ0) is 11.4. The summed E-state index contributed by atoms with van der Waals surface area (Å²) in [5.41, 5.74) is 1.86. The van der Waals surface area contributed by atoms with E-state index in [9.17, 15) is 0 Å². The summed E-state index contributed by atoms with van der Waals surface area (Å²) in [6.07, 6.45) is 1.77. The molecule has 0 saturated carbocycles. The molecule has 16 heavy (non-hydrogen) atoms. The van der Waals surface area contributed by atoms with E-state index < -0.39 is 0 Å². The van der Waals surface area contributed by atoms with Gasteiger partial charge in [0.1, 0.15) is 5.75 Å². The molecule has 0 aliphatic heterocycles. The van der Waals surface area contributed by atoms with Gasteiger partial charge in [-0.2, -0.15) is 0 Å². The summed E-state index contributed by atoms with van der Waals surface area (Å²) in [7, 11) is 0. The van der Waals surface area contributed by atoms with Gasteiger partial charge < -0.3 is 5.11 Å². The number of hydrogen-bond acceptors (Lipinski definition) is 2. The number of rotatable bonds is 2. The zero-order valence-corrected chi connectivity index (χ0v) is 10.1. The highest BCUT2D eigenvalue weighted by atomic mass is 79.9. The molecule has 0 aliphatic rings. The molecule has 80 valence electrons. The van der Waals surface area contributed by atoms with E-state index in [1.807, 2.05) is 36.4 Å². The van der Waals surface area contributed by atoms with E-state index >= 15 is 0 Å². The molecule has 0 spiro atoms. The molecule has 0 radical (unpaired) electrons. The first-order valence-electron chi connectivity index (χ1n) is 4.83. The van der Waals surface area contributed by atoms with E-state index in [0.717, 1.165) is 15.7 Å². The standard InChI is InChI=1S/C13H10BrNO/c14-11-3-5-12(6-4-11)15-9-10-1-7-13(16)8-2-10/h1-9,16H/b15-9+. The summed E-state index contributed by atoms with van der Waals surface area (Å²) in [5, 5.41) is 9.12. The van der Waals surface area contributed by atoms with Crippen LogP contribution in [0.25, 0.3) is 0 Å². The Morgan fingerprint density at radius 1 is 0.938 bits per heavy atom. The van der Waals surface area contributed by atoms with Gasteiger partial charge in [-0.3, -0.25) is 4.99 Å². The number of aliphatic imine (C=N–C) groups is 1. The number of hydrogen-bond donors (Lipinski definition) is 1. The third-order valence-corrected chi connectivity index (χ3v) is 2.61. The summed E-state index contributed by atoms with van der Waals surface area (Å²) in [4.78, 5) is 4.32. The largest absolute Gasteiger partial charge is 0.508 e. The Morgan fingerprint density at radius 2 is 1.56 bits per heavy atom. The van der Waals surface area contributed by atoms with Crippen molar-refractivity contribution in [2.45, 2.75) is 0 Å². The molecule has 2 aromatic carbocycles. The van der Waals surface area contributed by atoms with Crippen LogP contribution in [0.1, 0.15) is 5.56 Å². The molecule has 2 nitrogen and oxygen atoms in total. The van der Waals surface area contributed by atoms with Crippen LogP contribution in [0, 0.1) is 0 Å². The average molecular weight is 276 g/mol. The van der Waals surface area contributed by atoms with Crippen molar-refractivity contribution in [2.75, 3.05) is 0 Å². The minimum absolute atomic E-state index is 0.265. The summed E-state index contributed by atoms with van der Waals surface area (Å²) >= 11 is 3.37. The van der Waals surface area contributed by atoms with Gasteiger partial charge in [-0.25, -0.2) is 0 Å². The van der Waals surface area contributed by atoms with Crippen molar-refractivity contribution in [3.05, 3.63) is 58.6 Å². The van der Waals surface area contributed by atoms with Crippen LogP contribution in [0.2, 0.25) is 0 Å². The van der Waals surface area contributed by atoms with Crippen LogP contribution in [-0.2, 0) is 0 Å². The van der Waals surface area contributed by atoms with Crippen molar-refractivity contribution in [1.82, 2.24) is 0 Å². The normalized spacial score (nSPS) is 10.8. The summed E-state index contributed by atoms with van der Waals surface area (Å²) < 4.78 is 1.04. The fraction of sp³-hybridized carbons (Fsp3) is 0. The van der Waals surface area contributed by atoms with Gasteiger partial charge in [-0.1, -0.05) is 15.9 Å². The maximum atomic E-state index is 9.12. The lowest BCUT2D eigenvalue weighted by Gasteiger charge is -1.95. The molecule has 0 unspecified atom stereocenters. The summed E-state index contributed by atoms with van der Waals surface area (Å²) in [6, 6.07) is 14.7. The smallest absolute Gasteiger partial charge is 0.115 e. The highest BCUT2D eigenvalue weighted by Gasteiger charge is 1.90. The van der Waals surface area contributed by atoms with Crippen molar-refractivity contribution in [3.63, 3.8) is 0 Å². The fourth-order valence-electron chi connectivity index (χ4n) is 1.24. The highest BCUT2D eigenvalue weighted by Crippen LogP contribution is 2.17. The lowest BCUT2D eigenvalue weighted by Crippen LogP contribution is -1.78. The van der Waals surface area contributed by atoms with Crippen LogP contribution >= 0.6 is 15.9 Å². The Bertz CT molecular complexity index is 441. The van der Waals surface area contributed by atoms with Crippen LogP contribution in [0.5, 0.6) is 5.75 Å². The monoisotopic (exact) mass is 275 g/mol. The molecule has 0 aromatic heterocycles. The number of nitrogens with zero attached hydrogens (tertiary/aromatic N) is 1. The van der Waals surface area contributed by atoms with E-state index in [-0.39, 0.29) is 5.75 Å². The Morgan fingerprint density at radius 3 is 2.19 bits per heavy atom. The zero-order valence-electron chi connectivity index (χ0n) is 8.47. The second-order valence-electron chi connectivity index (χ2n) is 3.33. The van der Waals surface area contributed by atoms with Gasteiger partial charge in [0, 0.05) is 10.7 Å². The Hall–Kier alpha value is -1.61. The molecule has 3 heteroatoms. The first-order valence-corrected chi connectivity index (χ1v) is 5.62. The molecule has 2 aromatic rings. The number of aromatic hydroxyl groups is 1. The molecule has 0 saturated heterocycles. The average Bonchev–Trinajstić information content (AvgIpc) is 2.30. The van der Waals surface area contributed by atoms with E-state index in [4.69, 9.17) is 5.11 Å². The van der Waals surface area contributed by atoms with Crippen molar-refractivity contribution >= 4 is 27.8 Å². The molecular formula is C13H10BrNO. The first kappa shape index (κ1) is 10.9. The fourth-order valence-corrected chi connectivity index (χ4v) is 1.50. The van der Waals surface area contributed by atoms with Crippen LogP contribution in [-0.4, -0.2) is 11.3 Å². The highest BCUT2D eigenvalue weighted by molar-refractivity contribution is 9.10. The van der Waals surface area contributed by atoms with E-state index in [0.29, 0.717) is 0 Å². The second-order valence-corrected chi connectivity index (χ2v) is 4.24. The van der Waals surface area contributed by atoms with Gasteiger partial charge in [-0.05, 0) is 54.1 Å². The first-order chi connectivity index (χ1) is 7.74. The molecule has 0 bridgehead atoms. The molecule has 1 N–H and O–H groups in total. The van der Waals surface area contributed by atoms with Gasteiger partial charge in [0.2, 0.25) is 0 Å². The van der Waals surface area contributed by atoms with Crippen LogP contribution in [0.15, 0.2) is 58.0 Å². The topological polar surface area (TPSA) is 32.6 Å². The number of benzene rings is 2. The van der Waals surface area contributed by atoms with Gasteiger partial charge in [0.05, 0.1) is 5.69 Å². The van der Waals surface area contributed by atoms with Crippen LogP contribution < -0.4 is 0 Å². The Kier molecular flexibility index (Phi) is 3.37. The SMILES string of the molecule is Oc1ccc(/C=N/c2ccc(Br)cc2)cc1. The molecular weight excluding hydrogens is 266 g/mol.